The molecule has 2 aliphatic heterocycles. The van der Waals surface area contributed by atoms with Crippen LogP contribution in [-0.2, 0) is 29.3 Å². The molecule has 1 N–H and O–H groups in total. The molecule has 12 heteroatoms. The topological polar surface area (TPSA) is 119 Å². The average Bonchev–Trinajstić information content (AvgIpc) is 3.37. The number of pyridine rings is 1. The van der Waals surface area contributed by atoms with E-state index in [1.807, 2.05) is 12.1 Å². The van der Waals surface area contributed by atoms with Crippen LogP contribution < -0.4 is 4.74 Å². The summed E-state index contributed by atoms with van der Waals surface area (Å²) in [6, 6.07) is 15.0. The second-order valence-electron chi connectivity index (χ2n) is 11.5. The number of carbonyl (C=O) groups excluding carboxylic acids is 1. The van der Waals surface area contributed by atoms with E-state index in [-0.39, 0.29) is 29.8 Å². The molecule has 0 radical (unpaired) electrons. The third kappa shape index (κ3) is 6.82. The maximum absolute atomic E-state index is 14.7. The number of aromatic nitrogens is 3. The van der Waals surface area contributed by atoms with Gasteiger partial charge in [-0.3, -0.25) is 14.5 Å². The Morgan fingerprint density at radius 2 is 1.84 bits per heavy atom. The van der Waals surface area contributed by atoms with Gasteiger partial charge in [0, 0.05) is 42.5 Å². The lowest BCUT2D eigenvalue weighted by Gasteiger charge is -2.32. The van der Waals surface area contributed by atoms with E-state index in [1.165, 1.54) is 26.3 Å². The van der Waals surface area contributed by atoms with Crippen molar-refractivity contribution in [2.75, 3.05) is 33.9 Å². The molecule has 1 atom stereocenters. The van der Waals surface area contributed by atoms with E-state index in [4.69, 9.17) is 24.3 Å². The largest absolute Gasteiger partial charge is 0.478 e. The van der Waals surface area contributed by atoms with Crippen LogP contribution in [0.4, 0.5) is 4.39 Å². The van der Waals surface area contributed by atoms with Gasteiger partial charge in [-0.2, -0.15) is 0 Å². The highest BCUT2D eigenvalue weighted by Gasteiger charge is 2.26. The monoisotopic (exact) mass is 617 g/mol. The number of hydroxylamine groups is 2. The van der Waals surface area contributed by atoms with E-state index < -0.39 is 17.7 Å². The number of rotatable bonds is 11. The average molecular weight is 618 g/mol. The maximum Gasteiger partial charge on any atom is 0.335 e. The minimum Gasteiger partial charge on any atom is -0.478 e. The van der Waals surface area contributed by atoms with Crippen molar-refractivity contribution in [3.8, 4) is 5.88 Å². The number of aromatic carboxylic acids is 1. The number of hydrogen-bond acceptors (Lipinski definition) is 8. The fraction of sp³-hybridized carbons (Fsp3) is 0.394. The van der Waals surface area contributed by atoms with Gasteiger partial charge in [0.1, 0.15) is 18.2 Å². The number of carbonyl (C=O) groups is 2. The molecule has 236 valence electrons. The SMILES string of the molecule is CON(C)C(=O)c1ccc(COc2cccc(C3CCN(Cc4nc5ccc(C(=O)O)cc5n4CC4CCO4)CC3)n2)c(F)c1. The normalized spacial score (nSPS) is 17.3. The molecule has 4 heterocycles. The van der Waals surface area contributed by atoms with Crippen LogP contribution in [0.15, 0.2) is 54.6 Å². The van der Waals surface area contributed by atoms with Crippen molar-refractivity contribution in [1.29, 1.82) is 0 Å². The van der Waals surface area contributed by atoms with Crippen LogP contribution in [0.3, 0.4) is 0 Å². The van der Waals surface area contributed by atoms with Gasteiger partial charge >= 0.3 is 5.97 Å². The van der Waals surface area contributed by atoms with Gasteiger partial charge in [-0.15, -0.1) is 0 Å². The zero-order valence-electron chi connectivity index (χ0n) is 25.3. The number of piperidine rings is 1. The Bertz CT molecular complexity index is 1700. The number of amides is 1. The quantitative estimate of drug-likeness (QED) is 0.240. The third-order valence-corrected chi connectivity index (χ3v) is 8.61. The first-order chi connectivity index (χ1) is 21.8. The van der Waals surface area contributed by atoms with Gasteiger partial charge in [0.15, 0.2) is 0 Å². The lowest BCUT2D eigenvalue weighted by Crippen LogP contribution is -2.35. The Kier molecular flexibility index (Phi) is 9.06. The Hall–Kier alpha value is -4.39. The predicted molar refractivity (Wildman–Crippen MR) is 162 cm³/mol. The van der Waals surface area contributed by atoms with E-state index in [0.717, 1.165) is 66.6 Å². The minimum atomic E-state index is -0.957. The fourth-order valence-corrected chi connectivity index (χ4v) is 5.80. The first kappa shape index (κ1) is 30.6. The minimum absolute atomic E-state index is 0.0177. The molecule has 2 aliphatic rings. The molecule has 0 saturated carbocycles. The summed E-state index contributed by atoms with van der Waals surface area (Å²) < 4.78 is 28.4. The van der Waals surface area contributed by atoms with Crippen molar-refractivity contribution in [2.45, 2.75) is 51.0 Å². The van der Waals surface area contributed by atoms with E-state index in [0.29, 0.717) is 24.5 Å². The van der Waals surface area contributed by atoms with Crippen LogP contribution in [-0.4, -0.2) is 81.4 Å². The number of hydrogen-bond donors (Lipinski definition) is 1. The summed E-state index contributed by atoms with van der Waals surface area (Å²) in [5.41, 5.74) is 3.29. The smallest absolute Gasteiger partial charge is 0.335 e. The third-order valence-electron chi connectivity index (χ3n) is 8.61. The Morgan fingerprint density at radius 1 is 1.07 bits per heavy atom. The Balaban J connectivity index is 1.08. The highest BCUT2D eigenvalue weighted by atomic mass is 19.1. The van der Waals surface area contributed by atoms with Gasteiger partial charge in [0.2, 0.25) is 5.88 Å². The molecule has 2 fully saturated rings. The molecule has 2 saturated heterocycles. The molecule has 2 aromatic carbocycles. The molecule has 1 amide bonds. The summed E-state index contributed by atoms with van der Waals surface area (Å²) in [7, 11) is 2.83. The number of ether oxygens (including phenoxy) is 2. The number of imidazole rings is 1. The molecule has 0 bridgehead atoms. The molecular weight excluding hydrogens is 581 g/mol. The number of fused-ring (bicyclic) bond motifs is 1. The number of halogens is 1. The number of benzene rings is 2. The van der Waals surface area contributed by atoms with Gasteiger partial charge in [-0.25, -0.2) is 24.2 Å². The molecule has 4 aromatic rings. The summed E-state index contributed by atoms with van der Waals surface area (Å²) in [6.45, 7) is 3.76. The van der Waals surface area contributed by atoms with E-state index in [1.54, 1.807) is 30.3 Å². The number of nitrogens with zero attached hydrogens (tertiary/aromatic N) is 5. The number of carboxylic acid groups (broad SMARTS) is 1. The fourth-order valence-electron chi connectivity index (χ4n) is 5.80. The first-order valence-electron chi connectivity index (χ1n) is 15.1. The van der Waals surface area contributed by atoms with Crippen LogP contribution in [0.25, 0.3) is 11.0 Å². The lowest BCUT2D eigenvalue weighted by molar-refractivity contribution is -0.0757. The van der Waals surface area contributed by atoms with Crippen LogP contribution in [0, 0.1) is 5.82 Å². The first-order valence-corrected chi connectivity index (χ1v) is 15.1. The zero-order valence-corrected chi connectivity index (χ0v) is 25.3. The van der Waals surface area contributed by atoms with Crippen LogP contribution >= 0.6 is 0 Å². The van der Waals surface area contributed by atoms with Gasteiger partial charge in [-0.05, 0) is 68.8 Å². The molecule has 6 rings (SSSR count). The Labute approximate surface area is 260 Å². The van der Waals surface area contributed by atoms with Gasteiger partial charge in [0.05, 0.1) is 42.9 Å². The van der Waals surface area contributed by atoms with E-state index in [9.17, 15) is 19.1 Å². The molecular formula is C33H36FN5O6. The van der Waals surface area contributed by atoms with Crippen molar-refractivity contribution in [3.05, 3.63) is 88.6 Å². The van der Waals surface area contributed by atoms with Crippen molar-refractivity contribution < 1.29 is 33.4 Å². The lowest BCUT2D eigenvalue weighted by atomic mass is 9.93. The number of likely N-dealkylation sites (tertiary alicyclic amines) is 1. The standard InChI is InChI=1S/C33H36FN5O6/c1-37(43-2)32(40)22-6-7-24(26(34)16-22)20-45-31-5-3-4-27(36-31)21-10-13-38(14-11-21)19-30-35-28-9-8-23(33(41)42)17-29(28)39(30)18-25-12-15-44-25/h3-9,16-17,21,25H,10-15,18-20H2,1-2H3,(H,41,42). The van der Waals surface area contributed by atoms with Crippen molar-refractivity contribution in [2.24, 2.45) is 0 Å². The van der Waals surface area contributed by atoms with E-state index in [2.05, 4.69) is 9.47 Å². The molecule has 45 heavy (non-hydrogen) atoms. The summed E-state index contributed by atoms with van der Waals surface area (Å²) >= 11 is 0. The van der Waals surface area contributed by atoms with Gasteiger partial charge < -0.3 is 19.1 Å². The van der Waals surface area contributed by atoms with Crippen LogP contribution in [0.2, 0.25) is 0 Å². The van der Waals surface area contributed by atoms with Crippen LogP contribution in [0.1, 0.15) is 63.0 Å². The molecule has 11 nitrogen and oxygen atoms in total. The van der Waals surface area contributed by atoms with E-state index >= 15 is 0 Å². The molecule has 1 unspecified atom stereocenters. The highest BCUT2D eigenvalue weighted by molar-refractivity contribution is 5.93. The number of carboxylic acids is 1. The maximum atomic E-state index is 14.7. The summed E-state index contributed by atoms with van der Waals surface area (Å²) in [5.74, 6) is -0.358. The predicted octanol–water partition coefficient (Wildman–Crippen LogP) is 4.65. The summed E-state index contributed by atoms with van der Waals surface area (Å²) in [6.07, 6.45) is 2.91. The Morgan fingerprint density at radius 3 is 2.53 bits per heavy atom. The molecule has 0 spiro atoms. The summed E-state index contributed by atoms with van der Waals surface area (Å²) in [4.78, 5) is 40.7. The highest BCUT2D eigenvalue weighted by Crippen LogP contribution is 2.30. The second-order valence-corrected chi connectivity index (χ2v) is 11.5. The molecule has 0 aliphatic carbocycles. The van der Waals surface area contributed by atoms with Crippen LogP contribution in [0.5, 0.6) is 5.88 Å². The van der Waals surface area contributed by atoms with Gasteiger partial charge in [0.25, 0.3) is 5.91 Å². The van der Waals surface area contributed by atoms with Crippen molar-refractivity contribution in [3.63, 3.8) is 0 Å². The van der Waals surface area contributed by atoms with Crippen molar-refractivity contribution in [1.82, 2.24) is 24.5 Å². The zero-order chi connectivity index (χ0) is 31.5. The second kappa shape index (κ2) is 13.3. The molecule has 2 aromatic heterocycles. The van der Waals surface area contributed by atoms with Gasteiger partial charge in [-0.1, -0.05) is 12.1 Å². The summed E-state index contributed by atoms with van der Waals surface area (Å²) in [5, 5.41) is 10.5. The van der Waals surface area contributed by atoms with Crippen molar-refractivity contribution >= 4 is 22.9 Å².